The number of aromatic nitrogens is 2. The van der Waals surface area contributed by atoms with Gasteiger partial charge in [-0.2, -0.15) is 0 Å². The highest BCUT2D eigenvalue weighted by Crippen LogP contribution is 2.50. The van der Waals surface area contributed by atoms with Crippen molar-refractivity contribution in [2.24, 2.45) is 0 Å². The van der Waals surface area contributed by atoms with Crippen LogP contribution in [0.2, 0.25) is 0 Å². The fourth-order valence-corrected chi connectivity index (χ4v) is 6.15. The van der Waals surface area contributed by atoms with E-state index in [-0.39, 0.29) is 6.35 Å². The lowest BCUT2D eigenvalue weighted by atomic mass is 9.98. The van der Waals surface area contributed by atoms with Gasteiger partial charge in [0, 0.05) is 6.61 Å². The Hall–Kier alpha value is -3.44. The van der Waals surface area contributed by atoms with Crippen LogP contribution in [0.25, 0.3) is 11.0 Å². The molecule has 1 aromatic heterocycles. The fourth-order valence-electron chi connectivity index (χ4n) is 6.15. The molecule has 5 rings (SSSR count). The number of ether oxygens (including phenoxy) is 1. The summed E-state index contributed by atoms with van der Waals surface area (Å²) in [6, 6.07) is 21.8. The van der Waals surface area contributed by atoms with Gasteiger partial charge in [0.1, 0.15) is 0 Å². The number of hydrogen-bond acceptors (Lipinski definition) is 5. The molecule has 40 heavy (non-hydrogen) atoms. The van der Waals surface area contributed by atoms with Crippen LogP contribution >= 0.6 is 0 Å². The summed E-state index contributed by atoms with van der Waals surface area (Å²) in [5.74, 6) is 1.76. The Kier molecular flexibility index (Phi) is 9.01. The van der Waals surface area contributed by atoms with Gasteiger partial charge in [-0.15, -0.1) is 0 Å². The second-order valence-corrected chi connectivity index (χ2v) is 10.7. The molecule has 0 saturated carbocycles. The molecular formula is C35H44N4O. The zero-order valence-corrected chi connectivity index (χ0v) is 24.9. The van der Waals surface area contributed by atoms with E-state index >= 15 is 0 Å². The van der Waals surface area contributed by atoms with Gasteiger partial charge >= 0.3 is 0 Å². The number of aryl methyl sites for hydroxylation is 4. The molecule has 4 aromatic rings. The molecule has 1 aliphatic rings. The molecule has 2 heterocycles. The van der Waals surface area contributed by atoms with E-state index in [2.05, 4.69) is 92.9 Å². The number of rotatable bonds is 12. The average Bonchev–Trinajstić information content (AvgIpc) is 3.25. The molecule has 0 unspecified atom stereocenters. The molecule has 0 N–H and O–H groups in total. The van der Waals surface area contributed by atoms with Crippen molar-refractivity contribution in [3.8, 4) is 0 Å². The Bertz CT molecular complexity index is 1290. The van der Waals surface area contributed by atoms with E-state index in [4.69, 9.17) is 14.7 Å². The van der Waals surface area contributed by atoms with E-state index in [0.29, 0.717) is 6.61 Å². The molecule has 0 radical (unpaired) electrons. The number of anilines is 4. The smallest absolute Gasteiger partial charge is 0.221 e. The second kappa shape index (κ2) is 12.8. The molecule has 1 aliphatic heterocycles. The van der Waals surface area contributed by atoms with Crippen LogP contribution in [0.3, 0.4) is 0 Å². The molecule has 0 fully saturated rings. The van der Waals surface area contributed by atoms with Crippen molar-refractivity contribution in [3.63, 3.8) is 0 Å². The molecular weight excluding hydrogens is 492 g/mol. The van der Waals surface area contributed by atoms with Crippen LogP contribution in [-0.2, 0) is 30.4 Å². The third kappa shape index (κ3) is 5.19. The van der Waals surface area contributed by atoms with Crippen molar-refractivity contribution >= 4 is 34.0 Å². The summed E-state index contributed by atoms with van der Waals surface area (Å²) in [6.45, 7) is 11.7. The average molecular weight is 537 g/mol. The zero-order chi connectivity index (χ0) is 28.1. The van der Waals surface area contributed by atoms with Crippen LogP contribution in [0.5, 0.6) is 0 Å². The fraction of sp³-hybridized carbons (Fsp3) is 0.429. The predicted molar refractivity (Wildman–Crippen MR) is 168 cm³/mol. The van der Waals surface area contributed by atoms with Crippen molar-refractivity contribution in [1.29, 1.82) is 0 Å². The first kappa shape index (κ1) is 28.1. The monoisotopic (exact) mass is 536 g/mol. The maximum absolute atomic E-state index is 6.75. The lowest BCUT2D eigenvalue weighted by Gasteiger charge is -2.35. The SMILES string of the molecule is CCCc1cccc(CCC)c1N1c2nc3ccccc3nc2N(c2c(CCC)cccc2CCC)C1OCC. The zero-order valence-electron chi connectivity index (χ0n) is 24.9. The number of para-hydroxylation sites is 4. The minimum atomic E-state index is -0.376. The van der Waals surface area contributed by atoms with Crippen molar-refractivity contribution < 1.29 is 4.74 Å². The lowest BCUT2D eigenvalue weighted by Crippen LogP contribution is -2.42. The Morgan fingerprint density at radius 2 is 0.925 bits per heavy atom. The van der Waals surface area contributed by atoms with Crippen LogP contribution in [0.1, 0.15) is 82.6 Å². The van der Waals surface area contributed by atoms with Crippen molar-refractivity contribution in [1.82, 2.24) is 9.97 Å². The third-order valence-corrected chi connectivity index (χ3v) is 7.71. The normalized spacial score (nSPS) is 13.4. The number of nitrogens with zero attached hydrogens (tertiary/aromatic N) is 4. The first-order chi connectivity index (χ1) is 19.7. The highest BCUT2D eigenvalue weighted by molar-refractivity contribution is 5.91. The second-order valence-electron chi connectivity index (χ2n) is 10.7. The van der Waals surface area contributed by atoms with E-state index in [1.807, 2.05) is 12.1 Å². The number of hydrogen-bond donors (Lipinski definition) is 0. The molecule has 5 nitrogen and oxygen atoms in total. The summed E-state index contributed by atoms with van der Waals surface area (Å²) in [7, 11) is 0. The molecule has 210 valence electrons. The van der Waals surface area contributed by atoms with Gasteiger partial charge < -0.3 is 4.74 Å². The summed E-state index contributed by atoms with van der Waals surface area (Å²) in [5.41, 5.74) is 9.67. The van der Waals surface area contributed by atoms with Gasteiger partial charge in [0.05, 0.1) is 22.4 Å². The van der Waals surface area contributed by atoms with Gasteiger partial charge in [-0.25, -0.2) is 9.97 Å². The Morgan fingerprint density at radius 3 is 1.25 bits per heavy atom. The van der Waals surface area contributed by atoms with E-state index in [0.717, 1.165) is 74.0 Å². The number of fused-ring (bicyclic) bond motifs is 2. The minimum absolute atomic E-state index is 0.376. The highest BCUT2D eigenvalue weighted by Gasteiger charge is 2.44. The molecule has 0 bridgehead atoms. The van der Waals surface area contributed by atoms with Crippen LogP contribution in [-0.4, -0.2) is 22.9 Å². The molecule has 0 spiro atoms. The van der Waals surface area contributed by atoms with Gasteiger partial charge in [0.2, 0.25) is 6.35 Å². The van der Waals surface area contributed by atoms with E-state index in [1.165, 1.54) is 33.6 Å². The topological polar surface area (TPSA) is 41.5 Å². The summed E-state index contributed by atoms with van der Waals surface area (Å²) in [6.07, 6.45) is 7.96. The number of benzene rings is 3. The summed E-state index contributed by atoms with van der Waals surface area (Å²) in [5, 5.41) is 0. The van der Waals surface area contributed by atoms with Crippen molar-refractivity contribution in [2.75, 3.05) is 16.4 Å². The molecule has 0 amide bonds. The maximum atomic E-state index is 6.75. The first-order valence-corrected chi connectivity index (χ1v) is 15.3. The maximum Gasteiger partial charge on any atom is 0.221 e. The predicted octanol–water partition coefficient (Wildman–Crippen LogP) is 9.05. The Morgan fingerprint density at radius 1 is 0.550 bits per heavy atom. The minimum Gasteiger partial charge on any atom is -0.340 e. The summed E-state index contributed by atoms with van der Waals surface area (Å²) >= 11 is 0. The molecule has 0 aliphatic carbocycles. The van der Waals surface area contributed by atoms with Crippen molar-refractivity contribution in [2.45, 2.75) is 92.3 Å². The van der Waals surface area contributed by atoms with Crippen LogP contribution in [0, 0.1) is 0 Å². The quantitative estimate of drug-likeness (QED) is 0.181. The third-order valence-electron chi connectivity index (χ3n) is 7.71. The molecule has 5 heteroatoms. The van der Waals surface area contributed by atoms with Crippen molar-refractivity contribution in [3.05, 3.63) is 82.9 Å². The van der Waals surface area contributed by atoms with Gasteiger partial charge in [0.25, 0.3) is 0 Å². The summed E-state index contributed by atoms with van der Waals surface area (Å²) in [4.78, 5) is 15.4. The van der Waals surface area contributed by atoms with E-state index in [1.54, 1.807) is 0 Å². The largest absolute Gasteiger partial charge is 0.340 e. The first-order valence-electron chi connectivity index (χ1n) is 15.3. The van der Waals surface area contributed by atoms with Gasteiger partial charge in [-0.1, -0.05) is 102 Å². The molecule has 3 aromatic carbocycles. The van der Waals surface area contributed by atoms with Gasteiger partial charge in [0.15, 0.2) is 11.6 Å². The van der Waals surface area contributed by atoms with Gasteiger partial charge in [-0.3, -0.25) is 9.80 Å². The standard InChI is InChI=1S/C35H44N4O/c1-6-15-25-19-13-20-26(16-7-2)31(25)38-33-34(37-30-24-12-11-23-29(30)36-33)39(35(38)40-10-5)32-27(17-8-3)21-14-22-28(32)18-9-4/h11-14,19-24,35H,6-10,15-18H2,1-5H3. The van der Waals surface area contributed by atoms with Crippen LogP contribution in [0.4, 0.5) is 23.0 Å². The highest BCUT2D eigenvalue weighted by atomic mass is 16.5. The molecule has 0 saturated heterocycles. The Labute approximate surface area is 240 Å². The van der Waals surface area contributed by atoms with Gasteiger partial charge in [-0.05, 0) is 67.0 Å². The van der Waals surface area contributed by atoms with Crippen LogP contribution < -0.4 is 9.80 Å². The Balaban J connectivity index is 1.85. The van der Waals surface area contributed by atoms with Crippen LogP contribution in [0.15, 0.2) is 60.7 Å². The lowest BCUT2D eigenvalue weighted by molar-refractivity contribution is 0.0763. The molecule has 0 atom stereocenters. The van der Waals surface area contributed by atoms with E-state index in [9.17, 15) is 0 Å². The summed E-state index contributed by atoms with van der Waals surface area (Å²) < 4.78 is 6.75. The van der Waals surface area contributed by atoms with E-state index < -0.39 is 0 Å².